The zero-order chi connectivity index (χ0) is 13.9. The molecule has 4 nitrogen and oxygen atoms in total. The van der Waals surface area contributed by atoms with Gasteiger partial charge < -0.3 is 5.32 Å². The van der Waals surface area contributed by atoms with E-state index in [0.29, 0.717) is 18.0 Å². The van der Waals surface area contributed by atoms with E-state index in [1.54, 1.807) is 6.92 Å². The molecule has 2 rings (SSSR count). The van der Waals surface area contributed by atoms with Crippen molar-refractivity contribution in [3.8, 4) is 0 Å². The fraction of sp³-hybridized carbons (Fsp3) is 0.538. The van der Waals surface area contributed by atoms with Crippen molar-refractivity contribution in [2.45, 2.75) is 24.7 Å². The van der Waals surface area contributed by atoms with Crippen molar-refractivity contribution in [3.63, 3.8) is 0 Å². The fourth-order valence-electron chi connectivity index (χ4n) is 2.30. The minimum atomic E-state index is -3.61. The van der Waals surface area contributed by atoms with Crippen molar-refractivity contribution in [2.24, 2.45) is 5.92 Å². The highest BCUT2D eigenvalue weighted by Crippen LogP contribution is 2.15. The molecule has 1 heterocycles. The topological polar surface area (TPSA) is 58.2 Å². The van der Waals surface area contributed by atoms with Crippen LogP contribution < -0.4 is 10.0 Å². The largest absolute Gasteiger partial charge is 0.316 e. The van der Waals surface area contributed by atoms with Crippen LogP contribution in [0.1, 0.15) is 18.4 Å². The van der Waals surface area contributed by atoms with Crippen LogP contribution in [-0.4, -0.2) is 28.1 Å². The summed E-state index contributed by atoms with van der Waals surface area (Å²) in [7, 11) is -3.61. The molecule has 1 aromatic carbocycles. The molecule has 19 heavy (non-hydrogen) atoms. The van der Waals surface area contributed by atoms with Gasteiger partial charge in [0.1, 0.15) is 5.82 Å². The molecule has 0 spiro atoms. The Morgan fingerprint density at radius 2 is 2.21 bits per heavy atom. The highest BCUT2D eigenvalue weighted by atomic mass is 32.2. The Bertz CT molecular complexity index is 519. The maximum atomic E-state index is 13.2. The van der Waals surface area contributed by atoms with E-state index in [1.807, 2.05) is 0 Å². The summed E-state index contributed by atoms with van der Waals surface area (Å²) in [4.78, 5) is -0.00505. The number of rotatable bonds is 5. The normalized spacial score (nSPS) is 19.8. The van der Waals surface area contributed by atoms with Gasteiger partial charge in [-0.3, -0.25) is 0 Å². The van der Waals surface area contributed by atoms with Crippen LogP contribution in [0.25, 0.3) is 0 Å². The number of halogens is 1. The van der Waals surface area contributed by atoms with Crippen molar-refractivity contribution in [2.75, 3.05) is 19.6 Å². The van der Waals surface area contributed by atoms with Crippen molar-refractivity contribution in [1.29, 1.82) is 0 Å². The second-order valence-corrected chi connectivity index (χ2v) is 6.78. The predicted molar refractivity (Wildman–Crippen MR) is 71.9 cm³/mol. The standard InChI is InChI=1S/C13H19FN2O2S/c1-10-6-12(14)8-13(7-10)19(17,18)16-5-3-11-2-4-15-9-11/h6-8,11,15-16H,2-5,9H2,1H3. The van der Waals surface area contributed by atoms with E-state index < -0.39 is 15.8 Å². The second-order valence-electron chi connectivity index (χ2n) is 5.01. The van der Waals surface area contributed by atoms with Gasteiger partial charge in [0.2, 0.25) is 10.0 Å². The van der Waals surface area contributed by atoms with Gasteiger partial charge in [-0.05, 0) is 62.5 Å². The number of hydrogen-bond donors (Lipinski definition) is 2. The molecule has 1 atom stereocenters. The van der Waals surface area contributed by atoms with E-state index in [-0.39, 0.29) is 4.90 Å². The zero-order valence-corrected chi connectivity index (χ0v) is 11.8. The van der Waals surface area contributed by atoms with E-state index in [1.165, 1.54) is 12.1 Å². The van der Waals surface area contributed by atoms with Gasteiger partial charge in [0.05, 0.1) is 4.90 Å². The highest BCUT2D eigenvalue weighted by molar-refractivity contribution is 7.89. The van der Waals surface area contributed by atoms with Crippen molar-refractivity contribution < 1.29 is 12.8 Å². The SMILES string of the molecule is Cc1cc(F)cc(S(=O)(=O)NCCC2CCNC2)c1. The summed E-state index contributed by atoms with van der Waals surface area (Å²) in [5.41, 5.74) is 0.598. The lowest BCUT2D eigenvalue weighted by Gasteiger charge is -2.10. The number of aryl methyl sites for hydroxylation is 1. The molecule has 0 bridgehead atoms. The quantitative estimate of drug-likeness (QED) is 0.860. The Kier molecular flexibility index (Phi) is 4.54. The van der Waals surface area contributed by atoms with E-state index in [4.69, 9.17) is 0 Å². The van der Waals surface area contributed by atoms with Crippen LogP contribution in [0.4, 0.5) is 4.39 Å². The number of benzene rings is 1. The van der Waals surface area contributed by atoms with Gasteiger partial charge in [0, 0.05) is 6.54 Å². The molecular weight excluding hydrogens is 267 g/mol. The van der Waals surface area contributed by atoms with Crippen LogP contribution in [0.2, 0.25) is 0 Å². The summed E-state index contributed by atoms with van der Waals surface area (Å²) in [5.74, 6) is -0.00249. The molecule has 1 unspecified atom stereocenters. The maximum absolute atomic E-state index is 13.2. The molecule has 1 aliphatic rings. The Balaban J connectivity index is 1.97. The van der Waals surface area contributed by atoms with E-state index >= 15 is 0 Å². The van der Waals surface area contributed by atoms with Crippen molar-refractivity contribution in [3.05, 3.63) is 29.6 Å². The Morgan fingerprint density at radius 3 is 2.84 bits per heavy atom. The van der Waals surface area contributed by atoms with Crippen LogP contribution in [0.3, 0.4) is 0 Å². The molecule has 0 aliphatic carbocycles. The monoisotopic (exact) mass is 286 g/mol. The molecule has 0 amide bonds. The van der Waals surface area contributed by atoms with Gasteiger partial charge in [0.15, 0.2) is 0 Å². The summed E-state index contributed by atoms with van der Waals surface area (Å²) in [5, 5.41) is 3.24. The van der Waals surface area contributed by atoms with Gasteiger partial charge in [-0.1, -0.05) is 0 Å². The van der Waals surface area contributed by atoms with Gasteiger partial charge in [-0.15, -0.1) is 0 Å². The van der Waals surface area contributed by atoms with Crippen LogP contribution >= 0.6 is 0 Å². The molecule has 1 aromatic rings. The average Bonchev–Trinajstić information content (AvgIpc) is 2.80. The van der Waals surface area contributed by atoms with Crippen LogP contribution in [-0.2, 0) is 10.0 Å². The number of nitrogens with one attached hydrogen (secondary N) is 2. The van der Waals surface area contributed by atoms with E-state index in [9.17, 15) is 12.8 Å². The number of sulfonamides is 1. The summed E-state index contributed by atoms with van der Waals surface area (Å²) in [6.45, 7) is 4.01. The Hall–Kier alpha value is -0.980. The third-order valence-corrected chi connectivity index (χ3v) is 4.77. The minimum Gasteiger partial charge on any atom is -0.316 e. The molecule has 2 N–H and O–H groups in total. The van der Waals surface area contributed by atoms with E-state index in [2.05, 4.69) is 10.0 Å². The predicted octanol–water partition coefficient (Wildman–Crippen LogP) is 1.41. The van der Waals surface area contributed by atoms with Crippen molar-refractivity contribution >= 4 is 10.0 Å². The molecule has 0 radical (unpaired) electrons. The molecule has 0 aromatic heterocycles. The number of hydrogen-bond acceptors (Lipinski definition) is 3. The fourth-order valence-corrected chi connectivity index (χ4v) is 3.46. The summed E-state index contributed by atoms with van der Waals surface area (Å²) >= 11 is 0. The first-order valence-electron chi connectivity index (χ1n) is 6.45. The molecule has 0 saturated carbocycles. The smallest absolute Gasteiger partial charge is 0.240 e. The van der Waals surface area contributed by atoms with E-state index in [0.717, 1.165) is 32.0 Å². The van der Waals surface area contributed by atoms with Gasteiger partial charge in [-0.25, -0.2) is 17.5 Å². The minimum absolute atomic E-state index is 0.00505. The van der Waals surface area contributed by atoms with Crippen LogP contribution in [0.5, 0.6) is 0 Å². The summed E-state index contributed by atoms with van der Waals surface area (Å²) in [6, 6.07) is 3.83. The highest BCUT2D eigenvalue weighted by Gasteiger charge is 2.18. The first kappa shape index (κ1) is 14.4. The van der Waals surface area contributed by atoms with Crippen molar-refractivity contribution in [1.82, 2.24) is 10.0 Å². The Morgan fingerprint density at radius 1 is 1.42 bits per heavy atom. The molecule has 6 heteroatoms. The average molecular weight is 286 g/mol. The molecule has 1 fully saturated rings. The van der Waals surface area contributed by atoms with Gasteiger partial charge in [-0.2, -0.15) is 0 Å². The second kappa shape index (κ2) is 5.98. The molecule has 1 aliphatic heterocycles. The van der Waals surface area contributed by atoms with Crippen LogP contribution in [0, 0.1) is 18.7 Å². The van der Waals surface area contributed by atoms with Gasteiger partial charge in [0.25, 0.3) is 0 Å². The summed E-state index contributed by atoms with van der Waals surface area (Å²) in [6.07, 6.45) is 1.89. The molecule has 1 saturated heterocycles. The first-order chi connectivity index (χ1) is 8.97. The first-order valence-corrected chi connectivity index (χ1v) is 7.93. The lowest BCUT2D eigenvalue weighted by atomic mass is 10.1. The molecule has 106 valence electrons. The molecular formula is C13H19FN2O2S. The zero-order valence-electron chi connectivity index (χ0n) is 10.9. The third-order valence-electron chi connectivity index (χ3n) is 3.33. The third kappa shape index (κ3) is 3.99. The maximum Gasteiger partial charge on any atom is 0.240 e. The lowest BCUT2D eigenvalue weighted by Crippen LogP contribution is -2.26. The Labute approximate surface area is 113 Å². The van der Waals surface area contributed by atoms with Crippen LogP contribution in [0.15, 0.2) is 23.1 Å². The summed E-state index contributed by atoms with van der Waals surface area (Å²) < 4.78 is 39.8. The lowest BCUT2D eigenvalue weighted by molar-refractivity contribution is 0.519. The van der Waals surface area contributed by atoms with Gasteiger partial charge >= 0.3 is 0 Å².